The number of hydrogen-bond donors (Lipinski definition) is 1. The maximum absolute atomic E-state index is 10.3. The zero-order valence-electron chi connectivity index (χ0n) is 20.8. The summed E-state index contributed by atoms with van der Waals surface area (Å²) in [5.41, 5.74) is 6.26. The summed E-state index contributed by atoms with van der Waals surface area (Å²) in [6, 6.07) is 8.61. The fraction of sp³-hybridized carbons (Fsp3) is 0.536. The van der Waals surface area contributed by atoms with Crippen LogP contribution in [0.4, 0.5) is 0 Å². The lowest BCUT2D eigenvalue weighted by Crippen LogP contribution is -2.46. The maximum atomic E-state index is 10.3. The van der Waals surface area contributed by atoms with E-state index < -0.39 is 0 Å². The number of nitrogens with zero attached hydrogens (tertiary/aromatic N) is 2. The van der Waals surface area contributed by atoms with Gasteiger partial charge in [0.25, 0.3) is 0 Å². The molecule has 0 radical (unpaired) electrons. The lowest BCUT2D eigenvalue weighted by Gasteiger charge is -2.47. The first kappa shape index (κ1) is 23.0. The molecule has 2 aromatic carbocycles. The highest BCUT2D eigenvalue weighted by Gasteiger charge is 2.39. The Labute approximate surface area is 202 Å². The van der Waals surface area contributed by atoms with E-state index in [-0.39, 0.29) is 5.75 Å². The molecule has 1 N–H and O–H groups in total. The molecule has 182 valence electrons. The van der Waals surface area contributed by atoms with E-state index in [4.69, 9.17) is 19.2 Å². The van der Waals surface area contributed by atoms with Crippen LogP contribution < -0.4 is 14.2 Å². The van der Waals surface area contributed by atoms with Crippen molar-refractivity contribution in [3.63, 3.8) is 0 Å². The lowest BCUT2D eigenvalue weighted by molar-refractivity contribution is 0.0546. The molecule has 6 heteroatoms. The summed E-state index contributed by atoms with van der Waals surface area (Å²) >= 11 is 0. The van der Waals surface area contributed by atoms with Gasteiger partial charge in [0.2, 0.25) is 0 Å². The molecule has 1 fully saturated rings. The van der Waals surface area contributed by atoms with Crippen molar-refractivity contribution >= 4 is 5.71 Å². The van der Waals surface area contributed by atoms with Crippen molar-refractivity contribution in [2.45, 2.75) is 45.1 Å². The fourth-order valence-corrected chi connectivity index (χ4v) is 6.29. The second kappa shape index (κ2) is 9.49. The Morgan fingerprint density at radius 1 is 0.941 bits per heavy atom. The number of benzene rings is 2. The van der Waals surface area contributed by atoms with E-state index in [2.05, 4.69) is 24.0 Å². The van der Waals surface area contributed by atoms with E-state index in [1.165, 1.54) is 28.8 Å². The van der Waals surface area contributed by atoms with Gasteiger partial charge in [0.05, 0.1) is 21.3 Å². The van der Waals surface area contributed by atoms with Gasteiger partial charge in [0, 0.05) is 37.0 Å². The highest BCUT2D eigenvalue weighted by molar-refractivity contribution is 6.03. The number of phenolic OH excluding ortho intramolecular Hbond substituents is 1. The van der Waals surface area contributed by atoms with Gasteiger partial charge in [-0.05, 0) is 78.5 Å². The normalized spacial score (nSPS) is 23.9. The fourth-order valence-electron chi connectivity index (χ4n) is 6.29. The molecular weight excluding hydrogens is 428 g/mol. The molecule has 0 bridgehead atoms. The standard InChI is InChI=1S/C28H36N2O4/c1-5-17-16-30-9-7-19-13-27(33-3)28(34-4)15-22(19)24(30)11-20(17)10-23-21-14-26(32-2)25(31)12-18(21)6-8-29-23/h12-15,17,20,24,31H,5-11,16H2,1-4H3/t17-,20-,24+/m1/s1. The van der Waals surface area contributed by atoms with Crippen LogP contribution in [0, 0.1) is 11.8 Å². The van der Waals surface area contributed by atoms with Crippen LogP contribution in [0.15, 0.2) is 29.3 Å². The predicted molar refractivity (Wildman–Crippen MR) is 134 cm³/mol. The number of piperidine rings is 1. The highest BCUT2D eigenvalue weighted by atomic mass is 16.5. The third-order valence-electron chi connectivity index (χ3n) is 8.15. The molecule has 3 aliphatic heterocycles. The number of phenols is 1. The average Bonchev–Trinajstić information content (AvgIpc) is 2.87. The monoisotopic (exact) mass is 464 g/mol. The van der Waals surface area contributed by atoms with Crippen LogP contribution in [0.5, 0.6) is 23.0 Å². The van der Waals surface area contributed by atoms with Crippen LogP contribution in [-0.2, 0) is 12.8 Å². The molecule has 0 aromatic heterocycles. The minimum Gasteiger partial charge on any atom is -0.504 e. The SMILES string of the molecule is CC[C@@H]1CN2CCc3cc(OC)c(OC)cc3[C@@H]2C[C@H]1CC1=NCCc2cc(O)c(OC)cc21. The van der Waals surface area contributed by atoms with Gasteiger partial charge in [0.15, 0.2) is 23.0 Å². The van der Waals surface area contributed by atoms with Crippen molar-refractivity contribution in [3.8, 4) is 23.0 Å². The Morgan fingerprint density at radius 2 is 1.71 bits per heavy atom. The second-order valence-corrected chi connectivity index (χ2v) is 9.79. The predicted octanol–water partition coefficient (Wildman–Crippen LogP) is 4.80. The van der Waals surface area contributed by atoms with Crippen molar-refractivity contribution in [2.24, 2.45) is 16.8 Å². The molecule has 3 heterocycles. The van der Waals surface area contributed by atoms with Crippen LogP contribution >= 0.6 is 0 Å². The minimum absolute atomic E-state index is 0.213. The number of rotatable bonds is 6. The van der Waals surface area contributed by atoms with E-state index in [1.807, 2.05) is 12.1 Å². The Hall–Kier alpha value is -2.73. The quantitative estimate of drug-likeness (QED) is 0.665. The lowest BCUT2D eigenvalue weighted by atomic mass is 9.73. The number of ether oxygens (including phenoxy) is 3. The van der Waals surface area contributed by atoms with E-state index in [9.17, 15) is 5.11 Å². The van der Waals surface area contributed by atoms with Crippen LogP contribution in [0.25, 0.3) is 0 Å². The molecule has 0 unspecified atom stereocenters. The average molecular weight is 465 g/mol. The van der Waals surface area contributed by atoms with Gasteiger partial charge < -0.3 is 19.3 Å². The number of aliphatic imine (C=N–C) groups is 1. The maximum Gasteiger partial charge on any atom is 0.161 e. The topological polar surface area (TPSA) is 63.5 Å². The number of methoxy groups -OCH3 is 3. The third kappa shape index (κ3) is 4.02. The molecule has 3 atom stereocenters. The summed E-state index contributed by atoms with van der Waals surface area (Å²) in [6.07, 6.45) is 5.17. The molecule has 1 saturated heterocycles. The molecule has 0 aliphatic carbocycles. The van der Waals surface area contributed by atoms with Crippen molar-refractivity contribution in [3.05, 3.63) is 46.5 Å². The first-order chi connectivity index (χ1) is 16.6. The second-order valence-electron chi connectivity index (χ2n) is 9.79. The zero-order valence-corrected chi connectivity index (χ0v) is 20.8. The molecule has 2 aromatic rings. The Balaban J connectivity index is 1.45. The summed E-state index contributed by atoms with van der Waals surface area (Å²) in [5, 5.41) is 10.3. The van der Waals surface area contributed by atoms with E-state index in [1.54, 1.807) is 21.3 Å². The zero-order chi connectivity index (χ0) is 23.8. The molecule has 0 spiro atoms. The molecule has 6 nitrogen and oxygen atoms in total. The number of aromatic hydroxyl groups is 1. The van der Waals surface area contributed by atoms with Gasteiger partial charge in [-0.2, -0.15) is 0 Å². The summed E-state index contributed by atoms with van der Waals surface area (Å²) in [4.78, 5) is 7.64. The number of fused-ring (bicyclic) bond motifs is 4. The smallest absolute Gasteiger partial charge is 0.161 e. The van der Waals surface area contributed by atoms with Gasteiger partial charge >= 0.3 is 0 Å². The minimum atomic E-state index is 0.213. The summed E-state index contributed by atoms with van der Waals surface area (Å²) < 4.78 is 16.6. The first-order valence-corrected chi connectivity index (χ1v) is 12.5. The largest absolute Gasteiger partial charge is 0.504 e. The first-order valence-electron chi connectivity index (χ1n) is 12.5. The van der Waals surface area contributed by atoms with Crippen LogP contribution in [-0.4, -0.2) is 56.7 Å². The highest BCUT2D eigenvalue weighted by Crippen LogP contribution is 2.46. The van der Waals surface area contributed by atoms with E-state index in [0.717, 1.165) is 62.4 Å². The number of hydrogen-bond acceptors (Lipinski definition) is 6. The summed E-state index contributed by atoms with van der Waals surface area (Å²) in [6.45, 7) is 5.32. The Kier molecular flexibility index (Phi) is 6.43. The molecule has 34 heavy (non-hydrogen) atoms. The van der Waals surface area contributed by atoms with Crippen molar-refractivity contribution < 1.29 is 19.3 Å². The van der Waals surface area contributed by atoms with Crippen LogP contribution in [0.3, 0.4) is 0 Å². The van der Waals surface area contributed by atoms with Crippen LogP contribution in [0.2, 0.25) is 0 Å². The van der Waals surface area contributed by atoms with E-state index >= 15 is 0 Å². The molecule has 0 saturated carbocycles. The Morgan fingerprint density at radius 3 is 2.44 bits per heavy atom. The molecular formula is C28H36N2O4. The Bertz CT molecular complexity index is 1100. The van der Waals surface area contributed by atoms with Crippen molar-refractivity contribution in [1.82, 2.24) is 4.90 Å². The summed E-state index contributed by atoms with van der Waals surface area (Å²) in [7, 11) is 5.03. The van der Waals surface area contributed by atoms with Crippen LogP contribution in [0.1, 0.15) is 54.5 Å². The van der Waals surface area contributed by atoms with E-state index in [0.29, 0.717) is 23.6 Å². The van der Waals surface area contributed by atoms with Gasteiger partial charge in [-0.1, -0.05) is 13.3 Å². The van der Waals surface area contributed by atoms with Gasteiger partial charge in [-0.15, -0.1) is 0 Å². The molecule has 3 aliphatic rings. The van der Waals surface area contributed by atoms with Crippen molar-refractivity contribution in [1.29, 1.82) is 0 Å². The molecule has 0 amide bonds. The summed E-state index contributed by atoms with van der Waals surface area (Å²) in [5.74, 6) is 3.57. The van der Waals surface area contributed by atoms with Gasteiger partial charge in [0.1, 0.15) is 0 Å². The van der Waals surface area contributed by atoms with Gasteiger partial charge in [-0.3, -0.25) is 9.89 Å². The van der Waals surface area contributed by atoms with Gasteiger partial charge in [-0.25, -0.2) is 0 Å². The van der Waals surface area contributed by atoms with Crippen molar-refractivity contribution in [2.75, 3.05) is 41.0 Å². The molecule has 5 rings (SSSR count). The third-order valence-corrected chi connectivity index (χ3v) is 8.15.